The molecule has 80 valence electrons. The number of hydrogen-bond donors (Lipinski definition) is 2. The third-order valence-corrected chi connectivity index (χ3v) is 2.38. The maximum Gasteiger partial charge on any atom is 0.251 e. The van der Waals surface area contributed by atoms with Crippen LogP contribution < -0.4 is 5.32 Å². The van der Waals surface area contributed by atoms with Gasteiger partial charge in [0.2, 0.25) is 0 Å². The summed E-state index contributed by atoms with van der Waals surface area (Å²) in [6.07, 6.45) is 0. The Bertz CT molecular complexity index is 404. The van der Waals surface area contributed by atoms with Crippen LogP contribution in [0.4, 0.5) is 0 Å². The summed E-state index contributed by atoms with van der Waals surface area (Å²) in [5, 5.41) is 11.8. The molecule has 4 nitrogen and oxygen atoms in total. The standard InChI is InChI=1S/C10H10BrNO3/c1-6(13)5-12-10(15)7-2-3-8(11)9(14)4-7/h2-4,14H,5H2,1H3,(H,12,15). The number of aromatic hydroxyl groups is 1. The number of carbonyl (C=O) groups excluding carboxylic acids is 2. The van der Waals surface area contributed by atoms with Crippen LogP contribution >= 0.6 is 15.9 Å². The van der Waals surface area contributed by atoms with Gasteiger partial charge in [0.05, 0.1) is 11.0 Å². The van der Waals surface area contributed by atoms with Crippen LogP contribution in [0, 0.1) is 0 Å². The van der Waals surface area contributed by atoms with Crippen molar-refractivity contribution in [2.45, 2.75) is 6.92 Å². The number of ketones is 1. The number of nitrogens with one attached hydrogen (secondary N) is 1. The highest BCUT2D eigenvalue weighted by atomic mass is 79.9. The lowest BCUT2D eigenvalue weighted by Crippen LogP contribution is -2.28. The predicted octanol–water partition coefficient (Wildman–Crippen LogP) is 1.47. The summed E-state index contributed by atoms with van der Waals surface area (Å²) in [5.74, 6) is -0.511. The molecule has 0 unspecified atom stereocenters. The van der Waals surface area contributed by atoms with Gasteiger partial charge in [0.25, 0.3) is 5.91 Å². The molecule has 0 aliphatic rings. The molecule has 0 bridgehead atoms. The molecular formula is C10H10BrNO3. The van der Waals surface area contributed by atoms with Gasteiger partial charge in [-0.3, -0.25) is 9.59 Å². The molecule has 0 saturated carbocycles. The van der Waals surface area contributed by atoms with Gasteiger partial charge in [-0.1, -0.05) is 0 Å². The first kappa shape index (κ1) is 11.7. The van der Waals surface area contributed by atoms with Crippen molar-refractivity contribution in [1.29, 1.82) is 0 Å². The summed E-state index contributed by atoms with van der Waals surface area (Å²) in [7, 11) is 0. The fourth-order valence-corrected chi connectivity index (χ4v) is 1.21. The molecule has 0 aromatic heterocycles. The summed E-state index contributed by atoms with van der Waals surface area (Å²) in [6.45, 7) is 1.38. The number of phenols is 1. The van der Waals surface area contributed by atoms with E-state index >= 15 is 0 Å². The van der Waals surface area contributed by atoms with Crippen LogP contribution in [-0.4, -0.2) is 23.3 Å². The van der Waals surface area contributed by atoms with Gasteiger partial charge >= 0.3 is 0 Å². The Morgan fingerprint density at radius 3 is 2.67 bits per heavy atom. The lowest BCUT2D eigenvalue weighted by molar-refractivity contribution is -0.116. The van der Waals surface area contributed by atoms with E-state index in [0.717, 1.165) is 0 Å². The van der Waals surface area contributed by atoms with E-state index in [1.165, 1.54) is 13.0 Å². The summed E-state index contributed by atoms with van der Waals surface area (Å²) in [5.41, 5.74) is 0.317. The van der Waals surface area contributed by atoms with Gasteiger partial charge in [0, 0.05) is 5.56 Å². The lowest BCUT2D eigenvalue weighted by Gasteiger charge is -2.04. The van der Waals surface area contributed by atoms with E-state index < -0.39 is 0 Å². The number of halogens is 1. The van der Waals surface area contributed by atoms with E-state index in [2.05, 4.69) is 21.2 Å². The molecule has 0 fully saturated rings. The third kappa shape index (κ3) is 3.36. The maximum atomic E-state index is 11.4. The molecule has 0 aliphatic heterocycles. The van der Waals surface area contributed by atoms with Crippen molar-refractivity contribution >= 4 is 27.6 Å². The fraction of sp³-hybridized carbons (Fsp3) is 0.200. The van der Waals surface area contributed by atoms with Gasteiger partial charge in [0.15, 0.2) is 0 Å². The van der Waals surface area contributed by atoms with Crippen molar-refractivity contribution in [2.24, 2.45) is 0 Å². The van der Waals surface area contributed by atoms with Gasteiger partial charge in [-0.2, -0.15) is 0 Å². The second-order valence-corrected chi connectivity index (χ2v) is 3.91. The first-order chi connectivity index (χ1) is 7.00. The Kier molecular flexibility index (Phi) is 3.85. The zero-order valence-electron chi connectivity index (χ0n) is 8.08. The van der Waals surface area contributed by atoms with Gasteiger partial charge in [-0.25, -0.2) is 0 Å². The van der Waals surface area contributed by atoms with Crippen LogP contribution in [-0.2, 0) is 4.79 Å². The molecule has 0 aliphatic carbocycles. The van der Waals surface area contributed by atoms with Crippen LogP contribution in [0.25, 0.3) is 0 Å². The van der Waals surface area contributed by atoms with Crippen molar-refractivity contribution in [2.75, 3.05) is 6.54 Å². The molecule has 0 atom stereocenters. The average Bonchev–Trinajstić information content (AvgIpc) is 2.18. The van der Waals surface area contributed by atoms with Crippen molar-refractivity contribution in [3.8, 4) is 5.75 Å². The first-order valence-corrected chi connectivity index (χ1v) is 5.06. The monoisotopic (exact) mass is 271 g/mol. The molecule has 1 aromatic carbocycles. The Morgan fingerprint density at radius 2 is 2.13 bits per heavy atom. The Hall–Kier alpha value is -1.36. The third-order valence-electron chi connectivity index (χ3n) is 1.71. The highest BCUT2D eigenvalue weighted by Crippen LogP contribution is 2.24. The van der Waals surface area contributed by atoms with Crippen LogP contribution in [0.5, 0.6) is 5.75 Å². The number of rotatable bonds is 3. The molecule has 0 saturated heterocycles. The second kappa shape index (κ2) is 4.93. The SMILES string of the molecule is CC(=O)CNC(=O)c1ccc(Br)c(O)c1. The van der Waals surface area contributed by atoms with Crippen LogP contribution in [0.1, 0.15) is 17.3 Å². The quantitative estimate of drug-likeness (QED) is 0.875. The second-order valence-electron chi connectivity index (χ2n) is 3.05. The highest BCUT2D eigenvalue weighted by Gasteiger charge is 2.08. The summed E-state index contributed by atoms with van der Waals surface area (Å²) in [6, 6.07) is 4.46. The topological polar surface area (TPSA) is 66.4 Å². The van der Waals surface area contributed by atoms with Gasteiger partial charge in [0.1, 0.15) is 11.5 Å². The van der Waals surface area contributed by atoms with Crippen molar-refractivity contribution in [3.63, 3.8) is 0 Å². The van der Waals surface area contributed by atoms with E-state index in [9.17, 15) is 14.7 Å². The highest BCUT2D eigenvalue weighted by molar-refractivity contribution is 9.10. The fourth-order valence-electron chi connectivity index (χ4n) is 0.961. The van der Waals surface area contributed by atoms with E-state index in [4.69, 9.17) is 0 Å². The minimum Gasteiger partial charge on any atom is -0.507 e. The molecule has 15 heavy (non-hydrogen) atoms. The van der Waals surface area contributed by atoms with Gasteiger partial charge in [-0.15, -0.1) is 0 Å². The van der Waals surface area contributed by atoms with Crippen molar-refractivity contribution in [3.05, 3.63) is 28.2 Å². The summed E-state index contributed by atoms with van der Waals surface area (Å²) < 4.78 is 0.519. The summed E-state index contributed by atoms with van der Waals surface area (Å²) in [4.78, 5) is 22.1. The predicted molar refractivity (Wildman–Crippen MR) is 58.8 cm³/mol. The Labute approximate surface area is 95.4 Å². The van der Waals surface area contributed by atoms with Gasteiger partial charge < -0.3 is 10.4 Å². The molecule has 0 radical (unpaired) electrons. The zero-order chi connectivity index (χ0) is 11.4. The maximum absolute atomic E-state index is 11.4. The smallest absolute Gasteiger partial charge is 0.251 e. The molecule has 0 spiro atoms. The summed E-state index contributed by atoms with van der Waals surface area (Å²) >= 11 is 3.10. The molecule has 2 N–H and O–H groups in total. The molecule has 1 aromatic rings. The van der Waals surface area contributed by atoms with E-state index in [1.807, 2.05) is 0 Å². The van der Waals surface area contributed by atoms with E-state index in [0.29, 0.717) is 10.0 Å². The number of amides is 1. The Morgan fingerprint density at radius 1 is 1.47 bits per heavy atom. The normalized spacial score (nSPS) is 9.73. The zero-order valence-corrected chi connectivity index (χ0v) is 9.67. The largest absolute Gasteiger partial charge is 0.507 e. The molecule has 1 amide bonds. The molecular weight excluding hydrogens is 262 g/mol. The number of hydrogen-bond acceptors (Lipinski definition) is 3. The number of carbonyl (C=O) groups is 2. The number of benzene rings is 1. The van der Waals surface area contributed by atoms with Crippen LogP contribution in [0.3, 0.4) is 0 Å². The van der Waals surface area contributed by atoms with Crippen LogP contribution in [0.15, 0.2) is 22.7 Å². The Balaban J connectivity index is 2.74. The molecule has 0 heterocycles. The van der Waals surface area contributed by atoms with E-state index in [1.54, 1.807) is 12.1 Å². The van der Waals surface area contributed by atoms with Crippen LogP contribution in [0.2, 0.25) is 0 Å². The number of phenolic OH excluding ortho intramolecular Hbond substituents is 1. The molecule has 5 heteroatoms. The first-order valence-electron chi connectivity index (χ1n) is 4.27. The number of Topliss-reactive ketones (excluding diaryl/α,β-unsaturated/α-hetero) is 1. The lowest BCUT2D eigenvalue weighted by atomic mass is 10.2. The van der Waals surface area contributed by atoms with E-state index in [-0.39, 0.29) is 24.0 Å². The minimum absolute atomic E-state index is 0.00431. The minimum atomic E-state index is -0.381. The average molecular weight is 272 g/mol. The van der Waals surface area contributed by atoms with Gasteiger partial charge in [-0.05, 0) is 41.1 Å². The molecule has 1 rings (SSSR count). The van der Waals surface area contributed by atoms with Crippen molar-refractivity contribution < 1.29 is 14.7 Å². The van der Waals surface area contributed by atoms with Crippen molar-refractivity contribution in [1.82, 2.24) is 5.32 Å².